The number of aryl methyl sites for hydroxylation is 2. The minimum Gasteiger partial charge on any atom is -0.379 e. The molecule has 2 saturated heterocycles. The van der Waals surface area contributed by atoms with Crippen LogP contribution >= 0.6 is 11.8 Å². The maximum atomic E-state index is 12.8. The Labute approximate surface area is 157 Å². The van der Waals surface area contributed by atoms with Crippen LogP contribution in [-0.4, -0.2) is 75.5 Å². The Hall–Kier alpha value is -1.64. The normalized spacial score (nSPS) is 24.2. The van der Waals surface area contributed by atoms with Crippen molar-refractivity contribution in [3.8, 4) is 0 Å². The number of rotatable bonds is 4. The molecular weight excluding hydrogens is 350 g/mol. The first kappa shape index (κ1) is 17.8. The number of ether oxygens (including phenoxy) is 1. The molecule has 7 nitrogen and oxygen atoms in total. The van der Waals surface area contributed by atoms with Gasteiger partial charge in [0.15, 0.2) is 5.65 Å². The minimum atomic E-state index is -0.0628. The molecule has 0 spiro atoms. The summed E-state index contributed by atoms with van der Waals surface area (Å²) in [5.41, 5.74) is 2.33. The topological polar surface area (TPSA) is 72.3 Å². The third-order valence-corrected chi connectivity index (χ3v) is 6.70. The number of morpholine rings is 1. The second-order valence-electron chi connectivity index (χ2n) is 7.11. The van der Waals surface area contributed by atoms with Gasteiger partial charge >= 0.3 is 0 Å². The third kappa shape index (κ3) is 3.21. The molecule has 0 aromatic carbocycles. The molecule has 0 radical (unpaired) electrons. The van der Waals surface area contributed by atoms with Gasteiger partial charge in [-0.1, -0.05) is 0 Å². The number of hydrogen-bond donors (Lipinski definition) is 1. The number of hydrogen-bond acceptors (Lipinski definition) is 6. The van der Waals surface area contributed by atoms with Crippen molar-refractivity contribution < 1.29 is 9.53 Å². The van der Waals surface area contributed by atoms with Gasteiger partial charge in [0.2, 0.25) is 0 Å². The Balaban J connectivity index is 1.49. The van der Waals surface area contributed by atoms with Crippen LogP contribution in [0.5, 0.6) is 0 Å². The molecule has 2 fully saturated rings. The van der Waals surface area contributed by atoms with Crippen LogP contribution in [0, 0.1) is 6.92 Å². The zero-order valence-corrected chi connectivity index (χ0v) is 16.1. The standard InChI is InChI=1S/C18H25N5O2S/c1-13-15-9-14(10-19-16(15)22(2)21-13)17(24)20-11-18(3-8-26-12-18)23-4-6-25-7-5-23/h9-10H,3-8,11-12H2,1-2H3,(H,20,24). The maximum Gasteiger partial charge on any atom is 0.252 e. The van der Waals surface area contributed by atoms with Crippen molar-refractivity contribution in [3.05, 3.63) is 23.5 Å². The first-order valence-corrected chi connectivity index (χ1v) is 10.2. The lowest BCUT2D eigenvalue weighted by Crippen LogP contribution is -2.59. The molecule has 2 aliphatic rings. The number of pyridine rings is 1. The van der Waals surface area contributed by atoms with Crippen molar-refractivity contribution in [1.82, 2.24) is 25.0 Å². The van der Waals surface area contributed by atoms with Crippen molar-refractivity contribution in [3.63, 3.8) is 0 Å². The van der Waals surface area contributed by atoms with E-state index >= 15 is 0 Å². The smallest absolute Gasteiger partial charge is 0.252 e. The third-order valence-electron chi connectivity index (χ3n) is 5.47. The van der Waals surface area contributed by atoms with Gasteiger partial charge in [-0.25, -0.2) is 4.98 Å². The lowest BCUT2D eigenvalue weighted by atomic mass is 9.95. The lowest BCUT2D eigenvalue weighted by Gasteiger charge is -2.43. The van der Waals surface area contributed by atoms with Crippen molar-refractivity contribution >= 4 is 28.7 Å². The van der Waals surface area contributed by atoms with Gasteiger partial charge in [-0.05, 0) is 25.2 Å². The van der Waals surface area contributed by atoms with Crippen LogP contribution in [0.1, 0.15) is 22.5 Å². The van der Waals surface area contributed by atoms with E-state index in [2.05, 4.69) is 20.3 Å². The number of nitrogens with zero attached hydrogens (tertiary/aromatic N) is 4. The summed E-state index contributed by atoms with van der Waals surface area (Å²) in [6.07, 6.45) is 2.75. The van der Waals surface area contributed by atoms with Gasteiger partial charge in [-0.3, -0.25) is 14.4 Å². The van der Waals surface area contributed by atoms with Crippen LogP contribution in [-0.2, 0) is 11.8 Å². The largest absolute Gasteiger partial charge is 0.379 e. The highest BCUT2D eigenvalue weighted by Crippen LogP contribution is 2.33. The Morgan fingerprint density at radius 2 is 2.23 bits per heavy atom. The van der Waals surface area contributed by atoms with Gasteiger partial charge in [0, 0.05) is 49.6 Å². The number of amides is 1. The second kappa shape index (κ2) is 7.17. The Morgan fingerprint density at radius 1 is 1.42 bits per heavy atom. The molecule has 2 aliphatic heterocycles. The molecule has 26 heavy (non-hydrogen) atoms. The summed E-state index contributed by atoms with van der Waals surface area (Å²) in [5.74, 6) is 2.15. The number of carbonyl (C=O) groups is 1. The van der Waals surface area contributed by atoms with Crippen LogP contribution in [0.4, 0.5) is 0 Å². The SMILES string of the molecule is Cc1nn(C)c2ncc(C(=O)NCC3(N4CCOCC4)CCSC3)cc12. The van der Waals surface area contributed by atoms with E-state index in [0.29, 0.717) is 12.1 Å². The van der Waals surface area contributed by atoms with Crippen molar-refractivity contribution in [2.75, 3.05) is 44.4 Å². The predicted octanol–water partition coefficient (Wildman–Crippen LogP) is 1.21. The lowest BCUT2D eigenvalue weighted by molar-refractivity contribution is -0.0129. The fraction of sp³-hybridized carbons (Fsp3) is 0.611. The molecule has 4 heterocycles. The van der Waals surface area contributed by atoms with Gasteiger partial charge in [-0.15, -0.1) is 0 Å². The van der Waals surface area contributed by atoms with Gasteiger partial charge < -0.3 is 10.1 Å². The number of aromatic nitrogens is 3. The Morgan fingerprint density at radius 3 is 2.96 bits per heavy atom. The fourth-order valence-electron chi connectivity index (χ4n) is 3.91. The van der Waals surface area contributed by atoms with E-state index in [1.165, 1.54) is 0 Å². The maximum absolute atomic E-state index is 12.8. The zero-order chi connectivity index (χ0) is 18.1. The number of fused-ring (bicyclic) bond motifs is 1. The molecule has 1 amide bonds. The molecule has 0 saturated carbocycles. The van der Waals surface area contributed by atoms with Crippen LogP contribution in [0.2, 0.25) is 0 Å². The summed E-state index contributed by atoms with van der Waals surface area (Å²) in [5, 5.41) is 8.47. The van der Waals surface area contributed by atoms with Gasteiger partial charge in [0.25, 0.3) is 5.91 Å². The van der Waals surface area contributed by atoms with Crippen LogP contribution in [0.3, 0.4) is 0 Å². The summed E-state index contributed by atoms with van der Waals surface area (Å²) >= 11 is 1.97. The molecule has 8 heteroatoms. The van der Waals surface area contributed by atoms with Crippen LogP contribution < -0.4 is 5.32 Å². The summed E-state index contributed by atoms with van der Waals surface area (Å²) in [4.78, 5) is 19.7. The highest BCUT2D eigenvalue weighted by Gasteiger charge is 2.40. The van der Waals surface area contributed by atoms with E-state index in [4.69, 9.17) is 4.74 Å². The van der Waals surface area contributed by atoms with Crippen LogP contribution in [0.25, 0.3) is 11.0 Å². The monoisotopic (exact) mass is 375 g/mol. The van der Waals surface area contributed by atoms with E-state index in [9.17, 15) is 4.79 Å². The van der Waals surface area contributed by atoms with Crippen molar-refractivity contribution in [2.24, 2.45) is 7.05 Å². The number of nitrogens with one attached hydrogen (secondary N) is 1. The molecule has 2 aromatic rings. The molecule has 1 unspecified atom stereocenters. The van der Waals surface area contributed by atoms with E-state index in [0.717, 1.165) is 61.0 Å². The predicted molar refractivity (Wildman–Crippen MR) is 103 cm³/mol. The summed E-state index contributed by atoms with van der Waals surface area (Å²) in [6, 6.07) is 1.89. The number of thioether (sulfide) groups is 1. The second-order valence-corrected chi connectivity index (χ2v) is 8.22. The molecule has 140 valence electrons. The summed E-state index contributed by atoms with van der Waals surface area (Å²) in [7, 11) is 1.87. The molecule has 1 N–H and O–H groups in total. The molecule has 1 atom stereocenters. The van der Waals surface area contributed by atoms with E-state index in [1.54, 1.807) is 10.9 Å². The average Bonchev–Trinajstić information content (AvgIpc) is 3.26. The van der Waals surface area contributed by atoms with Crippen molar-refractivity contribution in [1.29, 1.82) is 0 Å². The van der Waals surface area contributed by atoms with Gasteiger partial charge in [-0.2, -0.15) is 16.9 Å². The quantitative estimate of drug-likeness (QED) is 0.866. The Bertz CT molecular complexity index is 809. The average molecular weight is 375 g/mol. The number of carbonyl (C=O) groups excluding carboxylic acids is 1. The van der Waals surface area contributed by atoms with Crippen LogP contribution in [0.15, 0.2) is 12.3 Å². The highest BCUT2D eigenvalue weighted by atomic mass is 32.2. The fourth-order valence-corrected chi connectivity index (χ4v) is 5.39. The molecular formula is C18H25N5O2S. The van der Waals surface area contributed by atoms with E-state index < -0.39 is 0 Å². The Kier molecular flexibility index (Phi) is 4.90. The molecule has 0 bridgehead atoms. The minimum absolute atomic E-state index is 0.0475. The summed E-state index contributed by atoms with van der Waals surface area (Å²) in [6.45, 7) is 6.05. The van der Waals surface area contributed by atoms with Gasteiger partial charge in [0.1, 0.15) is 0 Å². The molecule has 2 aromatic heterocycles. The van der Waals surface area contributed by atoms with Crippen molar-refractivity contribution in [2.45, 2.75) is 18.9 Å². The molecule has 0 aliphatic carbocycles. The van der Waals surface area contributed by atoms with E-state index in [1.807, 2.05) is 31.8 Å². The zero-order valence-electron chi connectivity index (χ0n) is 15.3. The van der Waals surface area contributed by atoms with E-state index in [-0.39, 0.29) is 11.4 Å². The first-order valence-electron chi connectivity index (χ1n) is 9.07. The molecule has 4 rings (SSSR count). The highest BCUT2D eigenvalue weighted by molar-refractivity contribution is 7.99. The summed E-state index contributed by atoms with van der Waals surface area (Å²) < 4.78 is 7.25. The van der Waals surface area contributed by atoms with Gasteiger partial charge in [0.05, 0.1) is 24.5 Å². The first-order chi connectivity index (χ1) is 12.6.